The molecular formula is C17H13N5O. The number of carbonyl (C=O) groups excluding carboxylic acids is 1. The summed E-state index contributed by atoms with van der Waals surface area (Å²) in [4.78, 5) is 16.2. The molecule has 1 heterocycles. The summed E-state index contributed by atoms with van der Waals surface area (Å²) < 4.78 is 1.54. The van der Waals surface area contributed by atoms with Crippen molar-refractivity contribution in [2.75, 3.05) is 5.32 Å². The Morgan fingerprint density at radius 1 is 1.22 bits per heavy atom. The molecule has 0 spiro atoms. The number of rotatable bonds is 3. The van der Waals surface area contributed by atoms with Crippen LogP contribution < -0.4 is 5.32 Å². The Labute approximate surface area is 133 Å². The topological polar surface area (TPSA) is 83.6 Å². The van der Waals surface area contributed by atoms with Crippen molar-refractivity contribution < 1.29 is 4.79 Å². The minimum absolute atomic E-state index is 0.0629. The molecule has 3 aromatic rings. The molecule has 0 aliphatic carbocycles. The predicted molar refractivity (Wildman–Crippen MR) is 85.2 cm³/mol. The van der Waals surface area contributed by atoms with Crippen LogP contribution in [0.3, 0.4) is 0 Å². The number of aryl methyl sites for hydroxylation is 1. The highest BCUT2D eigenvalue weighted by molar-refractivity contribution is 6.01. The minimum Gasteiger partial charge on any atom is -0.319 e. The molecule has 1 aromatic heterocycles. The summed E-state index contributed by atoms with van der Waals surface area (Å²) in [5.74, 6) is -0.362. The Morgan fingerprint density at radius 2 is 2.00 bits per heavy atom. The number of anilines is 1. The summed E-state index contributed by atoms with van der Waals surface area (Å²) >= 11 is 0. The zero-order chi connectivity index (χ0) is 16.2. The van der Waals surface area contributed by atoms with E-state index in [0.29, 0.717) is 11.3 Å². The van der Waals surface area contributed by atoms with Crippen molar-refractivity contribution in [2.45, 2.75) is 6.92 Å². The quantitative estimate of drug-likeness (QED) is 0.806. The van der Waals surface area contributed by atoms with Crippen LogP contribution in [0.15, 0.2) is 54.9 Å². The molecule has 0 fully saturated rings. The third-order valence-corrected chi connectivity index (χ3v) is 3.24. The third-order valence-electron chi connectivity index (χ3n) is 3.24. The minimum atomic E-state index is -0.425. The van der Waals surface area contributed by atoms with Gasteiger partial charge in [-0.05, 0) is 37.3 Å². The number of nitrogens with zero attached hydrogens (tertiary/aromatic N) is 4. The van der Waals surface area contributed by atoms with E-state index in [-0.39, 0.29) is 5.82 Å². The van der Waals surface area contributed by atoms with E-state index in [9.17, 15) is 4.79 Å². The number of amides is 1. The first-order valence-electron chi connectivity index (χ1n) is 6.96. The summed E-state index contributed by atoms with van der Waals surface area (Å²) in [5.41, 5.74) is 2.97. The van der Waals surface area contributed by atoms with Gasteiger partial charge in [-0.2, -0.15) is 5.26 Å². The summed E-state index contributed by atoms with van der Waals surface area (Å²) in [6, 6.07) is 16.4. The van der Waals surface area contributed by atoms with Crippen molar-refractivity contribution >= 4 is 11.6 Å². The second-order valence-electron chi connectivity index (χ2n) is 5.00. The van der Waals surface area contributed by atoms with Gasteiger partial charge < -0.3 is 5.32 Å². The molecule has 0 radical (unpaired) electrons. The third kappa shape index (κ3) is 3.24. The van der Waals surface area contributed by atoms with Gasteiger partial charge in [0.2, 0.25) is 5.82 Å². The standard InChI is InChI=1S/C17H13N5O/c1-12-5-7-15(8-6-12)22-11-19-16(21-22)17(23)20-14-4-2-3-13(9-14)10-18/h2-9,11H,1H3,(H,20,23). The van der Waals surface area contributed by atoms with Crippen molar-refractivity contribution in [3.05, 3.63) is 71.8 Å². The van der Waals surface area contributed by atoms with Crippen LogP contribution in [0, 0.1) is 18.3 Å². The molecule has 1 amide bonds. The Morgan fingerprint density at radius 3 is 2.74 bits per heavy atom. The fourth-order valence-electron chi connectivity index (χ4n) is 2.04. The van der Waals surface area contributed by atoms with Gasteiger partial charge in [-0.15, -0.1) is 5.10 Å². The Kier molecular flexibility index (Phi) is 3.85. The smallest absolute Gasteiger partial charge is 0.295 e. The number of hydrogen-bond acceptors (Lipinski definition) is 4. The summed E-state index contributed by atoms with van der Waals surface area (Å²) in [7, 11) is 0. The summed E-state index contributed by atoms with van der Waals surface area (Å²) in [5, 5.41) is 15.7. The summed E-state index contributed by atoms with van der Waals surface area (Å²) in [6.45, 7) is 2.00. The molecule has 112 valence electrons. The van der Waals surface area contributed by atoms with Crippen LogP contribution in [-0.2, 0) is 0 Å². The lowest BCUT2D eigenvalue weighted by molar-refractivity contribution is 0.101. The monoisotopic (exact) mass is 303 g/mol. The van der Waals surface area contributed by atoms with E-state index in [1.54, 1.807) is 28.9 Å². The van der Waals surface area contributed by atoms with Crippen LogP contribution in [0.5, 0.6) is 0 Å². The molecule has 0 atom stereocenters. The molecule has 0 unspecified atom stereocenters. The largest absolute Gasteiger partial charge is 0.319 e. The van der Waals surface area contributed by atoms with Crippen LogP contribution in [0.25, 0.3) is 5.69 Å². The van der Waals surface area contributed by atoms with Gasteiger partial charge in [-0.25, -0.2) is 9.67 Å². The van der Waals surface area contributed by atoms with Crippen LogP contribution in [0.2, 0.25) is 0 Å². The van der Waals surface area contributed by atoms with Crippen molar-refractivity contribution in [3.63, 3.8) is 0 Å². The molecule has 0 saturated heterocycles. The molecule has 23 heavy (non-hydrogen) atoms. The van der Waals surface area contributed by atoms with Crippen LogP contribution in [0.1, 0.15) is 21.7 Å². The second kappa shape index (κ2) is 6.12. The van der Waals surface area contributed by atoms with Gasteiger partial charge in [-0.1, -0.05) is 23.8 Å². The Balaban J connectivity index is 1.78. The predicted octanol–water partition coefficient (Wildman–Crippen LogP) is 2.70. The maximum Gasteiger partial charge on any atom is 0.295 e. The van der Waals surface area contributed by atoms with Crippen LogP contribution in [0.4, 0.5) is 5.69 Å². The normalized spacial score (nSPS) is 10.1. The average molecular weight is 303 g/mol. The van der Waals surface area contributed by atoms with E-state index in [1.165, 1.54) is 6.33 Å². The fraction of sp³-hybridized carbons (Fsp3) is 0.0588. The molecule has 6 nitrogen and oxygen atoms in total. The van der Waals surface area contributed by atoms with E-state index in [4.69, 9.17) is 5.26 Å². The first-order chi connectivity index (χ1) is 11.2. The highest BCUT2D eigenvalue weighted by atomic mass is 16.2. The number of hydrogen-bond donors (Lipinski definition) is 1. The lowest BCUT2D eigenvalue weighted by atomic mass is 10.2. The van der Waals surface area contributed by atoms with Crippen LogP contribution in [-0.4, -0.2) is 20.7 Å². The molecule has 6 heteroatoms. The molecule has 0 aliphatic rings. The molecule has 3 rings (SSSR count). The second-order valence-corrected chi connectivity index (χ2v) is 5.00. The highest BCUT2D eigenvalue weighted by Crippen LogP contribution is 2.12. The van der Waals surface area contributed by atoms with Crippen molar-refractivity contribution in [1.82, 2.24) is 14.8 Å². The maximum atomic E-state index is 12.2. The molecular weight excluding hydrogens is 290 g/mol. The number of nitrogens with one attached hydrogen (secondary N) is 1. The van der Waals surface area contributed by atoms with E-state index >= 15 is 0 Å². The zero-order valence-corrected chi connectivity index (χ0v) is 12.4. The van der Waals surface area contributed by atoms with Gasteiger partial charge in [0.1, 0.15) is 6.33 Å². The van der Waals surface area contributed by atoms with Gasteiger partial charge in [-0.3, -0.25) is 4.79 Å². The fourth-order valence-corrected chi connectivity index (χ4v) is 2.04. The first-order valence-corrected chi connectivity index (χ1v) is 6.96. The SMILES string of the molecule is Cc1ccc(-n2cnc(C(=O)Nc3cccc(C#N)c3)n2)cc1. The molecule has 0 bridgehead atoms. The number of carbonyl (C=O) groups is 1. The summed E-state index contributed by atoms with van der Waals surface area (Å²) in [6.07, 6.45) is 1.49. The molecule has 0 saturated carbocycles. The van der Waals surface area contributed by atoms with Gasteiger partial charge in [0, 0.05) is 5.69 Å². The molecule has 0 aliphatic heterocycles. The first kappa shape index (κ1) is 14.5. The van der Waals surface area contributed by atoms with Gasteiger partial charge >= 0.3 is 0 Å². The maximum absolute atomic E-state index is 12.2. The van der Waals surface area contributed by atoms with Crippen molar-refractivity contribution in [1.29, 1.82) is 5.26 Å². The molecule has 1 N–H and O–H groups in total. The van der Waals surface area contributed by atoms with Gasteiger partial charge in [0.05, 0.1) is 17.3 Å². The average Bonchev–Trinajstić information content (AvgIpc) is 3.06. The molecule has 2 aromatic carbocycles. The van der Waals surface area contributed by atoms with Crippen molar-refractivity contribution in [2.24, 2.45) is 0 Å². The van der Waals surface area contributed by atoms with Crippen molar-refractivity contribution in [3.8, 4) is 11.8 Å². The lowest BCUT2D eigenvalue weighted by Gasteiger charge is -2.03. The van der Waals surface area contributed by atoms with Gasteiger partial charge in [0.15, 0.2) is 0 Å². The van der Waals surface area contributed by atoms with Crippen LogP contribution >= 0.6 is 0 Å². The Hall–Kier alpha value is -3.46. The van der Waals surface area contributed by atoms with E-state index in [0.717, 1.165) is 11.3 Å². The Bertz CT molecular complexity index is 890. The highest BCUT2D eigenvalue weighted by Gasteiger charge is 2.12. The zero-order valence-electron chi connectivity index (χ0n) is 12.4. The van der Waals surface area contributed by atoms with E-state index in [2.05, 4.69) is 15.4 Å². The van der Waals surface area contributed by atoms with E-state index < -0.39 is 5.91 Å². The number of aromatic nitrogens is 3. The number of benzene rings is 2. The van der Waals surface area contributed by atoms with Gasteiger partial charge in [0.25, 0.3) is 5.91 Å². The lowest BCUT2D eigenvalue weighted by Crippen LogP contribution is -2.14. The van der Waals surface area contributed by atoms with E-state index in [1.807, 2.05) is 37.3 Å². The number of nitriles is 1.